The van der Waals surface area contributed by atoms with Gasteiger partial charge in [-0.1, -0.05) is 23.7 Å². The van der Waals surface area contributed by atoms with E-state index in [1.165, 1.54) is 12.1 Å². The van der Waals surface area contributed by atoms with Crippen LogP contribution in [0.3, 0.4) is 0 Å². The summed E-state index contributed by atoms with van der Waals surface area (Å²) < 4.78 is 21.1. The van der Waals surface area contributed by atoms with Gasteiger partial charge in [-0.3, -0.25) is 4.79 Å². The first-order valence-electron chi connectivity index (χ1n) is 11.3. The van der Waals surface area contributed by atoms with E-state index in [9.17, 15) is 9.18 Å². The Hall–Kier alpha value is -2.90. The molecule has 2 aromatic carbocycles. The predicted octanol–water partition coefficient (Wildman–Crippen LogP) is 3.98. The van der Waals surface area contributed by atoms with Crippen LogP contribution in [-0.4, -0.2) is 41.8 Å². The topological polar surface area (TPSA) is 59.4 Å². The summed E-state index contributed by atoms with van der Waals surface area (Å²) in [4.78, 5) is 19.7. The Labute approximate surface area is 197 Å². The molecule has 1 amide bonds. The lowest BCUT2D eigenvalue weighted by atomic mass is 10.0. The van der Waals surface area contributed by atoms with Gasteiger partial charge in [0.2, 0.25) is 5.91 Å². The number of hydrogen-bond acceptors (Lipinski definition) is 4. The van der Waals surface area contributed by atoms with Crippen LogP contribution in [0, 0.1) is 5.82 Å². The Morgan fingerprint density at radius 1 is 1.15 bits per heavy atom. The van der Waals surface area contributed by atoms with Crippen molar-refractivity contribution in [3.05, 3.63) is 70.4 Å². The molecule has 1 fully saturated rings. The molecule has 1 N–H and O–H groups in total. The molecule has 6 nitrogen and oxygen atoms in total. The van der Waals surface area contributed by atoms with Gasteiger partial charge in [0.25, 0.3) is 0 Å². The molecule has 2 aliphatic rings. The number of fused-ring (bicyclic) bond motifs is 1. The quantitative estimate of drug-likeness (QED) is 0.594. The molecule has 0 atom stereocenters. The minimum atomic E-state index is -0.488. The number of benzene rings is 2. The number of amides is 1. The second kappa shape index (κ2) is 9.53. The number of nitrogens with zero attached hydrogens (tertiary/aromatic N) is 3. The second-order valence-corrected chi connectivity index (χ2v) is 8.89. The molecule has 0 saturated carbocycles. The minimum absolute atomic E-state index is 0.0227. The van der Waals surface area contributed by atoms with Crippen LogP contribution in [0.25, 0.3) is 11.3 Å². The van der Waals surface area contributed by atoms with Crippen LogP contribution in [0.15, 0.2) is 42.6 Å². The van der Waals surface area contributed by atoms with E-state index in [0.29, 0.717) is 25.3 Å². The van der Waals surface area contributed by atoms with Crippen molar-refractivity contribution >= 4 is 23.2 Å². The highest BCUT2D eigenvalue weighted by atomic mass is 35.5. The summed E-state index contributed by atoms with van der Waals surface area (Å²) >= 11 is 5.85. The molecule has 3 heterocycles. The van der Waals surface area contributed by atoms with E-state index in [2.05, 4.69) is 39.2 Å². The number of ether oxygens (including phenoxy) is 1. The first kappa shape index (κ1) is 21.9. The van der Waals surface area contributed by atoms with Crippen molar-refractivity contribution in [2.24, 2.45) is 0 Å². The van der Waals surface area contributed by atoms with E-state index in [4.69, 9.17) is 21.3 Å². The fraction of sp³-hybridized carbons (Fsp3) is 0.360. The summed E-state index contributed by atoms with van der Waals surface area (Å²) in [6.07, 6.45) is 4.42. The van der Waals surface area contributed by atoms with Gasteiger partial charge in [0.15, 0.2) is 0 Å². The monoisotopic (exact) mass is 468 g/mol. The number of halogens is 2. The minimum Gasteiger partial charge on any atom is -0.378 e. The predicted molar refractivity (Wildman–Crippen MR) is 126 cm³/mol. The zero-order valence-electron chi connectivity index (χ0n) is 18.3. The lowest BCUT2D eigenvalue weighted by Crippen LogP contribution is -2.37. The molecule has 0 radical (unpaired) electrons. The second-order valence-electron chi connectivity index (χ2n) is 8.48. The van der Waals surface area contributed by atoms with Crippen molar-refractivity contribution < 1.29 is 13.9 Å². The van der Waals surface area contributed by atoms with Gasteiger partial charge in [-0.2, -0.15) is 0 Å². The van der Waals surface area contributed by atoms with Crippen molar-refractivity contribution in [1.82, 2.24) is 14.9 Å². The average Bonchev–Trinajstić information content (AvgIpc) is 3.43. The smallest absolute Gasteiger partial charge is 0.224 e. The molecule has 8 heteroatoms. The zero-order valence-corrected chi connectivity index (χ0v) is 19.1. The molecule has 2 aliphatic heterocycles. The summed E-state index contributed by atoms with van der Waals surface area (Å²) in [6, 6.07) is 10.7. The van der Waals surface area contributed by atoms with Crippen LogP contribution < -0.4 is 10.2 Å². The Kier molecular flexibility index (Phi) is 6.33. The number of aryl methyl sites for hydroxylation is 2. The number of carbonyl (C=O) groups is 1. The Balaban J connectivity index is 1.35. The first-order valence-corrected chi connectivity index (χ1v) is 11.7. The van der Waals surface area contributed by atoms with Crippen LogP contribution in [0.5, 0.6) is 0 Å². The Morgan fingerprint density at radius 3 is 2.79 bits per heavy atom. The van der Waals surface area contributed by atoms with E-state index in [1.54, 1.807) is 6.07 Å². The summed E-state index contributed by atoms with van der Waals surface area (Å²) in [6.45, 7) is 4.41. The summed E-state index contributed by atoms with van der Waals surface area (Å²) in [5, 5.41) is 3.04. The maximum Gasteiger partial charge on any atom is 0.224 e. The summed E-state index contributed by atoms with van der Waals surface area (Å²) in [5.74, 6) is 0.505. The highest BCUT2D eigenvalue weighted by molar-refractivity contribution is 6.30. The van der Waals surface area contributed by atoms with Gasteiger partial charge in [-0.05, 0) is 41.8 Å². The standard InChI is InChI=1S/C25H26ClFN4O2/c26-20-12-17(3-5-21(20)27)13-25(32)28-15-19-14-18(22-16-31-7-1-2-24(31)29-22)4-6-23(19)30-8-10-33-11-9-30/h3-6,12,14,16H,1-2,7-11,13,15H2,(H,28,32). The van der Waals surface area contributed by atoms with Crippen LogP contribution >= 0.6 is 11.6 Å². The fourth-order valence-corrected chi connectivity index (χ4v) is 4.69. The first-order chi connectivity index (χ1) is 16.1. The van der Waals surface area contributed by atoms with E-state index in [1.807, 2.05) is 0 Å². The molecule has 0 aliphatic carbocycles. The molecule has 33 heavy (non-hydrogen) atoms. The van der Waals surface area contributed by atoms with Crippen LogP contribution in [-0.2, 0) is 35.5 Å². The van der Waals surface area contributed by atoms with Crippen molar-refractivity contribution in [3.8, 4) is 11.3 Å². The van der Waals surface area contributed by atoms with E-state index >= 15 is 0 Å². The van der Waals surface area contributed by atoms with Crippen LogP contribution in [0.4, 0.5) is 10.1 Å². The molecule has 0 bridgehead atoms. The number of nitrogens with one attached hydrogen (secondary N) is 1. The van der Waals surface area contributed by atoms with Gasteiger partial charge >= 0.3 is 0 Å². The molecule has 3 aromatic rings. The highest BCUT2D eigenvalue weighted by Gasteiger charge is 2.19. The largest absolute Gasteiger partial charge is 0.378 e. The molecule has 5 rings (SSSR count). The average molecular weight is 469 g/mol. The lowest BCUT2D eigenvalue weighted by molar-refractivity contribution is -0.120. The van der Waals surface area contributed by atoms with Gasteiger partial charge in [0.1, 0.15) is 11.6 Å². The van der Waals surface area contributed by atoms with Crippen molar-refractivity contribution in [2.75, 3.05) is 31.2 Å². The third-order valence-corrected chi connectivity index (χ3v) is 6.50. The number of rotatable bonds is 6. The lowest BCUT2D eigenvalue weighted by Gasteiger charge is -2.31. The molecular formula is C25H26ClFN4O2. The van der Waals surface area contributed by atoms with Crippen molar-refractivity contribution in [3.63, 3.8) is 0 Å². The Morgan fingerprint density at radius 2 is 2.00 bits per heavy atom. The van der Waals surface area contributed by atoms with Gasteiger partial charge in [-0.25, -0.2) is 9.37 Å². The Bertz CT molecular complexity index is 1150. The van der Waals surface area contributed by atoms with Gasteiger partial charge < -0.3 is 19.5 Å². The van der Waals surface area contributed by atoms with Crippen LogP contribution in [0.2, 0.25) is 5.02 Å². The summed E-state index contributed by atoms with van der Waals surface area (Å²) in [5.41, 5.74) is 4.82. The van der Waals surface area contributed by atoms with Crippen LogP contribution in [0.1, 0.15) is 23.4 Å². The fourth-order valence-electron chi connectivity index (χ4n) is 4.48. The molecule has 1 aromatic heterocycles. The number of hydrogen-bond donors (Lipinski definition) is 1. The van der Waals surface area contributed by atoms with Crippen molar-refractivity contribution in [1.29, 1.82) is 0 Å². The highest BCUT2D eigenvalue weighted by Crippen LogP contribution is 2.29. The van der Waals surface area contributed by atoms with Crippen molar-refractivity contribution in [2.45, 2.75) is 32.4 Å². The normalized spacial score (nSPS) is 15.5. The number of anilines is 1. The number of morpholine rings is 1. The third-order valence-electron chi connectivity index (χ3n) is 6.21. The maximum absolute atomic E-state index is 13.4. The van der Waals surface area contributed by atoms with E-state index < -0.39 is 5.82 Å². The number of carbonyl (C=O) groups excluding carboxylic acids is 1. The SMILES string of the molecule is O=C(Cc1ccc(F)c(Cl)c1)NCc1cc(-c2cn3c(n2)CCC3)ccc1N1CCOCC1. The molecule has 0 unspecified atom stereocenters. The molecule has 0 spiro atoms. The van der Waals surface area contributed by atoms with E-state index in [-0.39, 0.29) is 17.4 Å². The molecular weight excluding hydrogens is 443 g/mol. The summed E-state index contributed by atoms with van der Waals surface area (Å²) in [7, 11) is 0. The number of aromatic nitrogens is 2. The maximum atomic E-state index is 13.4. The number of imidazole rings is 1. The third kappa shape index (κ3) is 4.89. The zero-order chi connectivity index (χ0) is 22.8. The van der Waals surface area contributed by atoms with Gasteiger partial charge in [-0.15, -0.1) is 0 Å². The van der Waals surface area contributed by atoms with E-state index in [0.717, 1.165) is 60.8 Å². The molecule has 172 valence electrons. The van der Waals surface area contributed by atoms with Gasteiger partial charge in [0, 0.05) is 50.0 Å². The molecule has 1 saturated heterocycles. The van der Waals surface area contributed by atoms with Gasteiger partial charge in [0.05, 0.1) is 30.4 Å².